The van der Waals surface area contributed by atoms with E-state index >= 15 is 0 Å². The summed E-state index contributed by atoms with van der Waals surface area (Å²) in [5, 5.41) is 0. The van der Waals surface area contributed by atoms with Crippen LogP contribution in [0.2, 0.25) is 0 Å². The van der Waals surface area contributed by atoms with Gasteiger partial charge in [-0.25, -0.2) is 4.39 Å². The van der Waals surface area contributed by atoms with Crippen molar-refractivity contribution in [3.63, 3.8) is 0 Å². The smallest absolute Gasteiger partial charge is 0.126 e. The van der Waals surface area contributed by atoms with Crippen LogP contribution in [0.25, 0.3) is 0 Å². The molecule has 0 radical (unpaired) electrons. The number of ether oxygens (including phenoxy) is 1. The molecule has 0 aromatic heterocycles. The fourth-order valence-corrected chi connectivity index (χ4v) is 1.06. The Labute approximate surface area is 84.2 Å². The molecule has 1 nitrogen and oxygen atoms in total. The van der Waals surface area contributed by atoms with Gasteiger partial charge in [-0.15, -0.1) is 6.58 Å². The molecular weight excluding hydrogens is 179 g/mol. The Morgan fingerprint density at radius 2 is 2.21 bits per heavy atom. The van der Waals surface area contributed by atoms with Gasteiger partial charge in [0.1, 0.15) is 11.6 Å². The van der Waals surface area contributed by atoms with Gasteiger partial charge in [0.2, 0.25) is 0 Å². The van der Waals surface area contributed by atoms with Crippen LogP contribution in [0.4, 0.5) is 4.39 Å². The quantitative estimate of drug-likeness (QED) is 0.667. The Bertz CT molecular complexity index is 331. The predicted molar refractivity (Wildman–Crippen MR) is 56.1 cm³/mol. The topological polar surface area (TPSA) is 9.23 Å². The number of aryl methyl sites for hydroxylation is 1. The lowest BCUT2D eigenvalue weighted by molar-refractivity contribution is 0.318. The van der Waals surface area contributed by atoms with E-state index in [-0.39, 0.29) is 5.82 Å². The van der Waals surface area contributed by atoms with Crippen LogP contribution in [0.3, 0.4) is 0 Å². The van der Waals surface area contributed by atoms with Crippen molar-refractivity contribution >= 4 is 0 Å². The highest BCUT2D eigenvalue weighted by Gasteiger charge is 2.00. The Morgan fingerprint density at radius 3 is 2.86 bits per heavy atom. The highest BCUT2D eigenvalue weighted by molar-refractivity contribution is 5.32. The zero-order valence-corrected chi connectivity index (χ0v) is 8.64. The van der Waals surface area contributed by atoms with Crippen molar-refractivity contribution in [2.75, 3.05) is 6.61 Å². The van der Waals surface area contributed by atoms with Gasteiger partial charge in [0.15, 0.2) is 0 Å². The molecule has 0 unspecified atom stereocenters. The second-order valence-electron chi connectivity index (χ2n) is 3.47. The molecule has 0 aliphatic carbocycles. The van der Waals surface area contributed by atoms with Gasteiger partial charge in [0.05, 0.1) is 6.61 Å². The zero-order chi connectivity index (χ0) is 10.6. The van der Waals surface area contributed by atoms with Crippen molar-refractivity contribution in [1.29, 1.82) is 0 Å². The SMILES string of the molecule is C=C(C)CCOc1cc(F)ccc1C. The summed E-state index contributed by atoms with van der Waals surface area (Å²) in [6, 6.07) is 4.56. The van der Waals surface area contributed by atoms with Crippen LogP contribution in [0.1, 0.15) is 18.9 Å². The summed E-state index contributed by atoms with van der Waals surface area (Å²) in [7, 11) is 0. The van der Waals surface area contributed by atoms with E-state index in [1.807, 2.05) is 13.8 Å². The molecule has 0 aliphatic rings. The molecule has 0 saturated carbocycles. The maximum Gasteiger partial charge on any atom is 0.126 e. The van der Waals surface area contributed by atoms with Gasteiger partial charge in [-0.1, -0.05) is 11.6 Å². The minimum Gasteiger partial charge on any atom is -0.493 e. The van der Waals surface area contributed by atoms with Crippen LogP contribution in [0.15, 0.2) is 30.4 Å². The molecule has 0 spiro atoms. The first kappa shape index (κ1) is 10.8. The van der Waals surface area contributed by atoms with Crippen molar-refractivity contribution in [3.8, 4) is 5.75 Å². The molecule has 0 bridgehead atoms. The fraction of sp³-hybridized carbons (Fsp3) is 0.333. The van der Waals surface area contributed by atoms with E-state index in [4.69, 9.17) is 4.74 Å². The van der Waals surface area contributed by atoms with E-state index in [1.54, 1.807) is 6.07 Å². The number of hydrogen-bond donors (Lipinski definition) is 0. The normalized spacial score (nSPS) is 9.93. The summed E-state index contributed by atoms with van der Waals surface area (Å²) < 4.78 is 18.3. The van der Waals surface area contributed by atoms with Gasteiger partial charge >= 0.3 is 0 Å². The van der Waals surface area contributed by atoms with E-state index in [2.05, 4.69) is 6.58 Å². The van der Waals surface area contributed by atoms with Crippen LogP contribution in [-0.2, 0) is 0 Å². The summed E-state index contributed by atoms with van der Waals surface area (Å²) in [6.07, 6.45) is 0.802. The number of rotatable bonds is 4. The van der Waals surface area contributed by atoms with E-state index < -0.39 is 0 Å². The third-order valence-electron chi connectivity index (χ3n) is 1.94. The fourth-order valence-electron chi connectivity index (χ4n) is 1.06. The lowest BCUT2D eigenvalue weighted by Gasteiger charge is -2.08. The Hall–Kier alpha value is -1.31. The van der Waals surface area contributed by atoms with Crippen LogP contribution in [0, 0.1) is 12.7 Å². The van der Waals surface area contributed by atoms with Crippen LogP contribution in [-0.4, -0.2) is 6.61 Å². The molecule has 14 heavy (non-hydrogen) atoms. The first-order chi connectivity index (χ1) is 6.59. The van der Waals surface area contributed by atoms with Crippen LogP contribution < -0.4 is 4.74 Å². The highest BCUT2D eigenvalue weighted by atomic mass is 19.1. The largest absolute Gasteiger partial charge is 0.493 e. The molecule has 0 fully saturated rings. The Balaban J connectivity index is 2.57. The minimum absolute atomic E-state index is 0.263. The van der Waals surface area contributed by atoms with E-state index in [0.717, 1.165) is 17.6 Å². The third kappa shape index (κ3) is 3.21. The molecule has 0 heterocycles. The van der Waals surface area contributed by atoms with Crippen LogP contribution in [0.5, 0.6) is 5.75 Å². The highest BCUT2D eigenvalue weighted by Crippen LogP contribution is 2.19. The van der Waals surface area contributed by atoms with Gasteiger partial charge in [-0.3, -0.25) is 0 Å². The van der Waals surface area contributed by atoms with Gasteiger partial charge in [-0.2, -0.15) is 0 Å². The van der Waals surface area contributed by atoms with Gasteiger partial charge in [0.25, 0.3) is 0 Å². The Kier molecular flexibility index (Phi) is 3.69. The maximum absolute atomic E-state index is 12.8. The number of hydrogen-bond acceptors (Lipinski definition) is 1. The van der Waals surface area contributed by atoms with Crippen molar-refractivity contribution in [1.82, 2.24) is 0 Å². The minimum atomic E-state index is -0.263. The van der Waals surface area contributed by atoms with Gasteiger partial charge in [-0.05, 0) is 25.5 Å². The summed E-state index contributed by atoms with van der Waals surface area (Å²) >= 11 is 0. The lowest BCUT2D eigenvalue weighted by atomic mass is 10.2. The molecule has 0 amide bonds. The molecule has 0 N–H and O–H groups in total. The average molecular weight is 194 g/mol. The molecule has 1 aromatic rings. The molecule has 2 heteroatoms. The standard InChI is InChI=1S/C12H15FO/c1-9(2)6-7-14-12-8-11(13)5-4-10(12)3/h4-5,8H,1,6-7H2,2-3H3. The van der Waals surface area contributed by atoms with Crippen molar-refractivity contribution in [2.24, 2.45) is 0 Å². The average Bonchev–Trinajstić information content (AvgIpc) is 2.10. The second kappa shape index (κ2) is 4.80. The van der Waals surface area contributed by atoms with E-state index in [0.29, 0.717) is 12.4 Å². The first-order valence-corrected chi connectivity index (χ1v) is 4.63. The van der Waals surface area contributed by atoms with Crippen molar-refractivity contribution in [2.45, 2.75) is 20.3 Å². The van der Waals surface area contributed by atoms with E-state index in [9.17, 15) is 4.39 Å². The lowest BCUT2D eigenvalue weighted by Crippen LogP contribution is -1.99. The van der Waals surface area contributed by atoms with Gasteiger partial charge in [0, 0.05) is 12.5 Å². The first-order valence-electron chi connectivity index (χ1n) is 4.63. The molecule has 0 saturated heterocycles. The molecule has 1 rings (SSSR count). The summed E-state index contributed by atoms with van der Waals surface area (Å²) in [6.45, 7) is 8.17. The number of halogens is 1. The molecular formula is C12H15FO. The Morgan fingerprint density at radius 1 is 1.50 bits per heavy atom. The molecule has 0 aliphatic heterocycles. The predicted octanol–water partition coefficient (Wildman–Crippen LogP) is 3.48. The summed E-state index contributed by atoms with van der Waals surface area (Å²) in [5.41, 5.74) is 2.02. The third-order valence-corrected chi connectivity index (χ3v) is 1.94. The summed E-state index contributed by atoms with van der Waals surface area (Å²) in [4.78, 5) is 0. The molecule has 1 aromatic carbocycles. The molecule has 76 valence electrons. The molecule has 0 atom stereocenters. The number of benzene rings is 1. The maximum atomic E-state index is 12.8. The van der Waals surface area contributed by atoms with Crippen LogP contribution >= 0.6 is 0 Å². The van der Waals surface area contributed by atoms with Crippen molar-refractivity contribution < 1.29 is 9.13 Å². The van der Waals surface area contributed by atoms with E-state index in [1.165, 1.54) is 12.1 Å². The summed E-state index contributed by atoms with van der Waals surface area (Å²) in [5.74, 6) is 0.354. The monoisotopic (exact) mass is 194 g/mol. The van der Waals surface area contributed by atoms with Gasteiger partial charge < -0.3 is 4.74 Å². The zero-order valence-electron chi connectivity index (χ0n) is 8.64. The van der Waals surface area contributed by atoms with Crippen molar-refractivity contribution in [3.05, 3.63) is 41.7 Å². The second-order valence-corrected chi connectivity index (χ2v) is 3.47.